The van der Waals surface area contributed by atoms with Crippen LogP contribution in [-0.4, -0.2) is 47.8 Å². The van der Waals surface area contributed by atoms with Crippen molar-refractivity contribution in [3.05, 3.63) is 94.0 Å². The molecule has 3 unspecified atom stereocenters. The SMILES string of the molecule is NC(=O)c1cccc(Oc2ccccc2)c1C(Cc1ccc(Br)cc1)C(=O)N1CCC2OCC(=O)C21. The molecule has 0 radical (unpaired) electrons. The number of hydrogen-bond donors (Lipinski definition) is 1. The molecule has 2 fully saturated rings. The first-order valence-corrected chi connectivity index (χ1v) is 12.6. The fourth-order valence-corrected chi connectivity index (χ4v) is 5.30. The van der Waals surface area contributed by atoms with Crippen molar-refractivity contribution in [3.8, 4) is 11.5 Å². The van der Waals surface area contributed by atoms with E-state index in [1.54, 1.807) is 35.2 Å². The lowest BCUT2D eigenvalue weighted by Gasteiger charge is -2.29. The number of carbonyl (C=O) groups excluding carboxylic acids is 3. The average Bonchev–Trinajstić information content (AvgIpc) is 3.47. The zero-order valence-electron chi connectivity index (χ0n) is 19.4. The van der Waals surface area contributed by atoms with Crippen molar-refractivity contribution in [1.82, 2.24) is 4.90 Å². The fraction of sp³-hybridized carbons (Fsp3) is 0.250. The van der Waals surface area contributed by atoms with E-state index in [1.165, 1.54) is 0 Å². The predicted octanol–water partition coefficient (Wildman–Crippen LogP) is 4.24. The molecule has 7 nitrogen and oxygen atoms in total. The predicted molar refractivity (Wildman–Crippen MR) is 137 cm³/mol. The van der Waals surface area contributed by atoms with Crippen molar-refractivity contribution in [2.45, 2.75) is 30.9 Å². The Bertz CT molecular complexity index is 1300. The summed E-state index contributed by atoms with van der Waals surface area (Å²) in [5.74, 6) is -0.876. The van der Waals surface area contributed by atoms with Crippen molar-refractivity contribution in [2.24, 2.45) is 5.73 Å². The summed E-state index contributed by atoms with van der Waals surface area (Å²) in [5, 5.41) is 0. The van der Waals surface area contributed by atoms with Gasteiger partial charge in [0.05, 0.1) is 12.0 Å². The Morgan fingerprint density at radius 1 is 1.06 bits per heavy atom. The lowest BCUT2D eigenvalue weighted by atomic mass is 9.86. The second kappa shape index (κ2) is 10.2. The smallest absolute Gasteiger partial charge is 0.249 e. The number of fused-ring (bicyclic) bond motifs is 1. The quantitative estimate of drug-likeness (QED) is 0.476. The number of carbonyl (C=O) groups is 3. The van der Waals surface area contributed by atoms with Crippen molar-refractivity contribution in [3.63, 3.8) is 0 Å². The maximum absolute atomic E-state index is 14.2. The van der Waals surface area contributed by atoms with Gasteiger partial charge in [-0.2, -0.15) is 0 Å². The maximum atomic E-state index is 14.2. The van der Waals surface area contributed by atoms with Gasteiger partial charge >= 0.3 is 0 Å². The van der Waals surface area contributed by atoms with Crippen LogP contribution in [0.5, 0.6) is 11.5 Å². The Hall–Kier alpha value is -3.49. The van der Waals surface area contributed by atoms with Gasteiger partial charge in [-0.15, -0.1) is 0 Å². The fourth-order valence-electron chi connectivity index (χ4n) is 5.03. The summed E-state index contributed by atoms with van der Waals surface area (Å²) in [7, 11) is 0. The number of ketones is 1. The van der Waals surface area contributed by atoms with E-state index in [-0.39, 0.29) is 30.0 Å². The van der Waals surface area contributed by atoms with Crippen molar-refractivity contribution in [2.75, 3.05) is 13.2 Å². The van der Waals surface area contributed by atoms with Crippen LogP contribution in [-0.2, 0) is 20.7 Å². The second-order valence-corrected chi connectivity index (χ2v) is 9.88. The molecule has 0 bridgehead atoms. The number of ether oxygens (including phenoxy) is 2. The molecule has 2 heterocycles. The minimum absolute atomic E-state index is 0.0106. The third-order valence-electron chi connectivity index (χ3n) is 6.70. The highest BCUT2D eigenvalue weighted by atomic mass is 79.9. The summed E-state index contributed by atoms with van der Waals surface area (Å²) >= 11 is 3.45. The first-order valence-electron chi connectivity index (χ1n) is 11.8. The maximum Gasteiger partial charge on any atom is 0.249 e. The molecular weight excluding hydrogens is 524 g/mol. The number of benzene rings is 3. The largest absolute Gasteiger partial charge is 0.457 e. The number of Topliss-reactive ketones (excluding diaryl/α,β-unsaturated/α-hetero) is 1. The van der Waals surface area contributed by atoms with E-state index in [0.717, 1.165) is 10.0 Å². The van der Waals surface area contributed by atoms with E-state index in [1.807, 2.05) is 42.5 Å². The molecule has 5 rings (SSSR count). The molecule has 0 spiro atoms. The molecule has 2 amide bonds. The molecule has 3 aromatic rings. The molecule has 0 aliphatic carbocycles. The summed E-state index contributed by atoms with van der Waals surface area (Å²) in [6.07, 6.45) is 0.601. The van der Waals surface area contributed by atoms with Crippen LogP contribution in [0.4, 0.5) is 0 Å². The van der Waals surface area contributed by atoms with Crippen molar-refractivity contribution in [1.29, 1.82) is 0 Å². The molecule has 0 aromatic heterocycles. The van der Waals surface area contributed by atoms with Gasteiger partial charge in [0.25, 0.3) is 0 Å². The minimum Gasteiger partial charge on any atom is -0.457 e. The van der Waals surface area contributed by atoms with Gasteiger partial charge in [0, 0.05) is 22.1 Å². The third kappa shape index (κ3) is 4.79. The Labute approximate surface area is 217 Å². The molecule has 0 saturated carbocycles. The van der Waals surface area contributed by atoms with Gasteiger partial charge in [0.1, 0.15) is 24.1 Å². The van der Waals surface area contributed by atoms with Gasteiger partial charge in [0.2, 0.25) is 11.8 Å². The van der Waals surface area contributed by atoms with Gasteiger partial charge in [0.15, 0.2) is 5.78 Å². The number of primary amides is 1. The summed E-state index contributed by atoms with van der Waals surface area (Å²) in [4.78, 5) is 40.9. The second-order valence-electron chi connectivity index (χ2n) is 8.96. The number of hydrogen-bond acceptors (Lipinski definition) is 5. The lowest BCUT2D eigenvalue weighted by Crippen LogP contribution is -2.44. The summed E-state index contributed by atoms with van der Waals surface area (Å²) < 4.78 is 12.7. The van der Waals surface area contributed by atoms with Crippen LogP contribution < -0.4 is 10.5 Å². The molecule has 2 aliphatic rings. The van der Waals surface area contributed by atoms with Gasteiger partial charge in [-0.1, -0.05) is 52.3 Å². The zero-order chi connectivity index (χ0) is 25.2. The average molecular weight is 549 g/mol. The Kier molecular flexibility index (Phi) is 6.89. The van der Waals surface area contributed by atoms with Gasteiger partial charge < -0.3 is 20.1 Å². The number of amides is 2. The number of rotatable bonds is 7. The molecule has 3 atom stereocenters. The molecule has 36 heavy (non-hydrogen) atoms. The van der Waals surface area contributed by atoms with E-state index in [2.05, 4.69) is 15.9 Å². The van der Waals surface area contributed by atoms with Crippen LogP contribution in [0.2, 0.25) is 0 Å². The van der Waals surface area contributed by atoms with E-state index in [0.29, 0.717) is 36.4 Å². The molecule has 3 aromatic carbocycles. The van der Waals surface area contributed by atoms with Crippen LogP contribution >= 0.6 is 15.9 Å². The summed E-state index contributed by atoms with van der Waals surface area (Å²) in [6.45, 7) is 0.418. The summed E-state index contributed by atoms with van der Waals surface area (Å²) in [6, 6.07) is 21.2. The molecule has 2 N–H and O–H groups in total. The van der Waals surface area contributed by atoms with Crippen LogP contribution in [0, 0.1) is 0 Å². The highest BCUT2D eigenvalue weighted by Gasteiger charge is 2.48. The van der Waals surface area contributed by atoms with E-state index < -0.39 is 17.9 Å². The van der Waals surface area contributed by atoms with Gasteiger partial charge in [-0.05, 0) is 54.8 Å². The normalized spacial score (nSPS) is 19.7. The molecule has 8 heteroatoms. The topological polar surface area (TPSA) is 98.9 Å². The van der Waals surface area contributed by atoms with E-state index in [9.17, 15) is 14.4 Å². The van der Waals surface area contributed by atoms with Crippen LogP contribution in [0.3, 0.4) is 0 Å². The Balaban J connectivity index is 1.61. The molecule has 184 valence electrons. The van der Waals surface area contributed by atoms with E-state index in [4.69, 9.17) is 15.2 Å². The van der Waals surface area contributed by atoms with Crippen molar-refractivity contribution < 1.29 is 23.9 Å². The molecular formula is C28H25BrN2O5. The minimum atomic E-state index is -0.805. The van der Waals surface area contributed by atoms with Crippen LogP contribution in [0.15, 0.2) is 77.3 Å². The molecule has 2 aliphatic heterocycles. The van der Waals surface area contributed by atoms with Crippen LogP contribution in [0.25, 0.3) is 0 Å². The third-order valence-corrected chi connectivity index (χ3v) is 7.23. The lowest BCUT2D eigenvalue weighted by molar-refractivity contribution is -0.137. The van der Waals surface area contributed by atoms with Crippen molar-refractivity contribution >= 4 is 33.5 Å². The monoisotopic (exact) mass is 548 g/mol. The van der Waals surface area contributed by atoms with Gasteiger partial charge in [-0.3, -0.25) is 14.4 Å². The highest BCUT2D eigenvalue weighted by Crippen LogP contribution is 2.39. The number of para-hydroxylation sites is 1. The highest BCUT2D eigenvalue weighted by molar-refractivity contribution is 9.10. The Morgan fingerprint density at radius 3 is 2.53 bits per heavy atom. The number of halogens is 1. The first-order chi connectivity index (χ1) is 17.4. The Morgan fingerprint density at radius 2 is 1.81 bits per heavy atom. The summed E-state index contributed by atoms with van der Waals surface area (Å²) in [5.41, 5.74) is 7.31. The van der Waals surface area contributed by atoms with Crippen LogP contribution in [0.1, 0.15) is 33.8 Å². The number of nitrogens with two attached hydrogens (primary N) is 1. The zero-order valence-corrected chi connectivity index (χ0v) is 21.0. The number of likely N-dealkylation sites (tertiary alicyclic amines) is 1. The van der Waals surface area contributed by atoms with Gasteiger partial charge in [-0.25, -0.2) is 0 Å². The first kappa shape index (κ1) is 24.2. The number of nitrogens with zero attached hydrogens (tertiary/aromatic N) is 1. The molecule has 2 saturated heterocycles. The standard InChI is InChI=1S/C28H25BrN2O5/c29-18-11-9-17(10-12-18)15-21(28(34)31-14-13-24-26(31)22(32)16-35-24)25-20(27(30)33)7-4-8-23(25)36-19-5-2-1-3-6-19/h1-12,21,24,26H,13-16H2,(H2,30,33). The van der Waals surface area contributed by atoms with E-state index >= 15 is 0 Å².